The van der Waals surface area contributed by atoms with Crippen molar-refractivity contribution in [2.24, 2.45) is 0 Å². The van der Waals surface area contributed by atoms with Crippen molar-refractivity contribution in [3.05, 3.63) is 80.2 Å². The summed E-state index contributed by atoms with van der Waals surface area (Å²) in [6.45, 7) is 0. The standard InChI is InChI=1S/C20H11N2S2.CH3.ClH.Pt/c1-3-10-17-15(8-1)21-19(23-17)13-6-5-7-14(12-13)20-22-16-9-2-4-11-18(16)24-20;;;/h1-11H;1H3;1H;/q2*-1;;+1/p-1. The van der Waals surface area contributed by atoms with Gasteiger partial charge in [0.2, 0.25) is 0 Å². The number of nitrogens with zero attached hydrogens (tertiary/aromatic N) is 2. The molecule has 2 nitrogen and oxygen atoms in total. The smallest absolute Gasteiger partial charge is 0.0721 e. The molecule has 3 aromatic carbocycles. The zero-order valence-corrected chi connectivity index (χ0v) is 18.9. The van der Waals surface area contributed by atoms with E-state index in [2.05, 4.69) is 45.8 Å². The van der Waals surface area contributed by atoms with Crippen LogP contribution in [0, 0.1) is 13.5 Å². The quantitative estimate of drug-likeness (QED) is 0.204. The molecule has 0 N–H and O–H groups in total. The van der Waals surface area contributed by atoms with E-state index in [1.165, 1.54) is 9.40 Å². The Hall–Kier alpha value is -1.58. The van der Waals surface area contributed by atoms with E-state index in [9.17, 15) is 0 Å². The van der Waals surface area contributed by atoms with Crippen LogP contribution >= 0.6 is 32.1 Å². The van der Waals surface area contributed by atoms with Crippen molar-refractivity contribution in [2.75, 3.05) is 0 Å². The number of rotatable bonds is 2. The molecule has 0 unspecified atom stereocenters. The van der Waals surface area contributed by atoms with Crippen LogP contribution in [0.1, 0.15) is 0 Å². The molecule has 5 rings (SSSR count). The van der Waals surface area contributed by atoms with Crippen LogP contribution in [-0.2, 0) is 18.8 Å². The van der Waals surface area contributed by atoms with Gasteiger partial charge in [-0.3, -0.25) is 9.97 Å². The molecule has 0 aliphatic carbocycles. The van der Waals surface area contributed by atoms with Crippen LogP contribution in [0.5, 0.6) is 0 Å². The van der Waals surface area contributed by atoms with E-state index in [-0.39, 0.29) is 7.43 Å². The summed E-state index contributed by atoms with van der Waals surface area (Å²) in [7, 11) is 4.61. The molecule has 0 fully saturated rings. The van der Waals surface area contributed by atoms with Gasteiger partial charge in [-0.15, -0.1) is 24.3 Å². The predicted molar refractivity (Wildman–Crippen MR) is 115 cm³/mol. The molecule has 0 saturated heterocycles. The van der Waals surface area contributed by atoms with Crippen LogP contribution in [0.15, 0.2) is 66.7 Å². The number of para-hydroxylation sites is 2. The Morgan fingerprint density at radius 3 is 1.56 bits per heavy atom. The largest absolute Gasteiger partial charge is 0.275 e. The molecule has 5 aromatic rings. The molecule has 0 aliphatic rings. The van der Waals surface area contributed by atoms with Gasteiger partial charge in [0.15, 0.2) is 0 Å². The molecule has 2 heterocycles. The third-order valence-electron chi connectivity index (χ3n) is 3.84. The fourth-order valence-electron chi connectivity index (χ4n) is 2.69. The SMILES string of the molecule is [CH3-].[Cl][Pt].[c-]1c(-c2nc3ccccc3s2)cccc1-c1nc2ccccc2s1. The predicted octanol–water partition coefficient (Wildman–Crippen LogP) is 7.18. The first-order valence-electron chi connectivity index (χ1n) is 7.73. The summed E-state index contributed by atoms with van der Waals surface area (Å²) >= 11 is 5.01. The van der Waals surface area contributed by atoms with Gasteiger partial charge in [0.1, 0.15) is 0 Å². The number of thiazole rings is 2. The van der Waals surface area contributed by atoms with Gasteiger partial charge in [-0.2, -0.15) is 22.7 Å². The maximum atomic E-state index is 4.73. The minimum atomic E-state index is 0. The molecule has 0 bridgehead atoms. The number of hydrogen-bond acceptors (Lipinski definition) is 4. The second-order valence-electron chi connectivity index (χ2n) is 5.45. The van der Waals surface area contributed by atoms with E-state index in [1.807, 2.05) is 36.4 Å². The van der Waals surface area contributed by atoms with Crippen LogP contribution in [0.4, 0.5) is 0 Å². The Balaban J connectivity index is 0.000000680. The van der Waals surface area contributed by atoms with Gasteiger partial charge in [0.25, 0.3) is 0 Å². The summed E-state index contributed by atoms with van der Waals surface area (Å²) in [5.41, 5.74) is 4.12. The van der Waals surface area contributed by atoms with Crippen molar-refractivity contribution in [1.29, 1.82) is 0 Å². The Morgan fingerprint density at radius 2 is 1.11 bits per heavy atom. The Bertz CT molecular complexity index is 1030. The second-order valence-corrected chi connectivity index (χ2v) is 7.51. The van der Waals surface area contributed by atoms with Gasteiger partial charge in [-0.05, 0) is 24.3 Å². The molecule has 0 amide bonds. The van der Waals surface area contributed by atoms with Crippen LogP contribution in [-0.4, -0.2) is 9.97 Å². The molecule has 0 radical (unpaired) electrons. The molecule has 0 saturated carbocycles. The minimum absolute atomic E-state index is 0. The Labute approximate surface area is 181 Å². The summed E-state index contributed by atoms with van der Waals surface area (Å²) in [4.78, 5) is 9.46. The second kappa shape index (κ2) is 9.07. The zero-order chi connectivity index (χ0) is 17.9. The van der Waals surface area contributed by atoms with Gasteiger partial charge in [0.05, 0.1) is 21.0 Å². The van der Waals surface area contributed by atoms with E-state index in [0.29, 0.717) is 0 Å². The molecular formula is C21H14ClN2PtS2-2. The molecule has 0 atom stereocenters. The molecule has 27 heavy (non-hydrogen) atoms. The zero-order valence-electron chi connectivity index (χ0n) is 14.3. The summed E-state index contributed by atoms with van der Waals surface area (Å²) in [5, 5.41) is 2.00. The molecule has 0 spiro atoms. The van der Waals surface area contributed by atoms with Crippen molar-refractivity contribution in [1.82, 2.24) is 9.97 Å². The van der Waals surface area contributed by atoms with E-state index in [4.69, 9.17) is 9.97 Å². The number of aromatic nitrogens is 2. The summed E-state index contributed by atoms with van der Waals surface area (Å²) in [6.07, 6.45) is 0. The van der Waals surface area contributed by atoms with Crippen LogP contribution in [0.2, 0.25) is 0 Å². The van der Waals surface area contributed by atoms with E-state index in [0.717, 1.165) is 32.2 Å². The van der Waals surface area contributed by atoms with Gasteiger partial charge in [0, 0.05) is 9.40 Å². The minimum Gasteiger partial charge on any atom is -0.275 e. The molecule has 139 valence electrons. The third kappa shape index (κ3) is 4.14. The third-order valence-corrected chi connectivity index (χ3v) is 5.98. The van der Waals surface area contributed by atoms with Gasteiger partial charge in [-0.25, -0.2) is 0 Å². The van der Waals surface area contributed by atoms with E-state index < -0.39 is 0 Å². The molecular weight excluding hydrogens is 575 g/mol. The first kappa shape index (κ1) is 20.2. The number of hydrogen-bond donors (Lipinski definition) is 0. The van der Waals surface area contributed by atoms with Crippen molar-refractivity contribution in [2.45, 2.75) is 0 Å². The Morgan fingerprint density at radius 1 is 0.667 bits per heavy atom. The Kier molecular flexibility index (Phi) is 6.77. The number of halogens is 1. The summed E-state index contributed by atoms with van der Waals surface area (Å²) in [5.74, 6) is 0. The fraction of sp³-hybridized carbons (Fsp3) is 0. The maximum absolute atomic E-state index is 4.73. The molecule has 2 aromatic heterocycles. The van der Waals surface area contributed by atoms with Crippen LogP contribution in [0.3, 0.4) is 0 Å². The van der Waals surface area contributed by atoms with E-state index >= 15 is 0 Å². The molecule has 6 heteroatoms. The van der Waals surface area contributed by atoms with Gasteiger partial charge < -0.3 is 7.43 Å². The van der Waals surface area contributed by atoms with Crippen molar-refractivity contribution in [3.63, 3.8) is 0 Å². The van der Waals surface area contributed by atoms with Crippen molar-refractivity contribution >= 4 is 52.5 Å². The number of fused-ring (bicyclic) bond motifs is 2. The number of benzene rings is 3. The summed E-state index contributed by atoms with van der Waals surface area (Å²) in [6, 6.07) is 26.1. The average Bonchev–Trinajstić information content (AvgIpc) is 3.34. The summed E-state index contributed by atoms with van der Waals surface area (Å²) < 4.78 is 2.40. The van der Waals surface area contributed by atoms with Crippen molar-refractivity contribution in [3.8, 4) is 21.1 Å². The normalized spacial score (nSPS) is 10.3. The topological polar surface area (TPSA) is 25.8 Å². The maximum Gasteiger partial charge on any atom is 0.0721 e. The van der Waals surface area contributed by atoms with Crippen LogP contribution in [0.25, 0.3) is 41.6 Å². The van der Waals surface area contributed by atoms with Gasteiger partial charge >= 0.3 is 28.2 Å². The first-order valence-corrected chi connectivity index (χ1v) is 12.2. The monoisotopic (exact) mass is 588 g/mol. The van der Waals surface area contributed by atoms with Gasteiger partial charge in [-0.1, -0.05) is 35.4 Å². The fourth-order valence-corrected chi connectivity index (χ4v) is 4.59. The average molecular weight is 589 g/mol. The van der Waals surface area contributed by atoms with E-state index in [1.54, 1.807) is 41.4 Å². The molecule has 0 aliphatic heterocycles. The van der Waals surface area contributed by atoms with Crippen molar-refractivity contribution < 1.29 is 18.8 Å². The van der Waals surface area contributed by atoms with Crippen LogP contribution < -0.4 is 0 Å². The first-order chi connectivity index (χ1) is 12.9.